The maximum atomic E-state index is 9.90. The Labute approximate surface area is 100 Å². The van der Waals surface area contributed by atoms with Gasteiger partial charge >= 0.3 is 0 Å². The van der Waals surface area contributed by atoms with E-state index in [-0.39, 0.29) is 0 Å². The van der Waals surface area contributed by atoms with Gasteiger partial charge in [-0.3, -0.25) is 0 Å². The summed E-state index contributed by atoms with van der Waals surface area (Å²) in [4.78, 5) is 4.14. The van der Waals surface area contributed by atoms with Gasteiger partial charge in [0.1, 0.15) is 0 Å². The summed E-state index contributed by atoms with van der Waals surface area (Å²) >= 11 is 0. The maximum absolute atomic E-state index is 9.90. The molecule has 90 valence electrons. The Morgan fingerprint density at radius 1 is 1.41 bits per heavy atom. The van der Waals surface area contributed by atoms with E-state index in [2.05, 4.69) is 10.3 Å². The minimum atomic E-state index is -0.497. The van der Waals surface area contributed by atoms with Crippen LogP contribution in [0.1, 0.15) is 11.7 Å². The lowest BCUT2D eigenvalue weighted by molar-refractivity contribution is 0.178. The lowest BCUT2D eigenvalue weighted by Gasteiger charge is -2.11. The van der Waals surface area contributed by atoms with Crippen molar-refractivity contribution in [1.29, 1.82) is 0 Å². The number of methoxy groups -OCH3 is 1. The lowest BCUT2D eigenvalue weighted by atomic mass is 10.0. The normalized spacial score (nSPS) is 12.6. The number of hydrogen-bond donors (Lipinski definition) is 2. The molecule has 0 saturated carbocycles. The number of aliphatic hydroxyl groups is 1. The Hall–Kier alpha value is -1.65. The number of nitrogens with one attached hydrogen (secondary N) is 1. The average molecular weight is 232 g/mol. The minimum Gasteiger partial charge on any atom is -0.481 e. The predicted molar refractivity (Wildman–Crippen MR) is 67.2 cm³/mol. The first-order chi connectivity index (χ1) is 8.26. The van der Waals surface area contributed by atoms with Gasteiger partial charge in [0.05, 0.1) is 13.2 Å². The molecule has 2 rings (SSSR count). The van der Waals surface area contributed by atoms with Crippen LogP contribution in [-0.2, 0) is 0 Å². The fourth-order valence-electron chi connectivity index (χ4n) is 1.85. The number of benzene rings is 1. The first kappa shape index (κ1) is 11.8. The zero-order valence-corrected chi connectivity index (χ0v) is 9.97. The minimum absolute atomic E-state index is 0.497. The quantitative estimate of drug-likeness (QED) is 0.838. The smallest absolute Gasteiger partial charge is 0.221 e. The highest BCUT2D eigenvalue weighted by atomic mass is 16.5. The number of aliphatic hydroxyl groups excluding tert-OH is 1. The molecule has 0 bridgehead atoms. The molecule has 17 heavy (non-hydrogen) atoms. The van der Waals surface area contributed by atoms with E-state index >= 15 is 0 Å². The number of fused-ring (bicyclic) bond motifs is 1. The fourth-order valence-corrected chi connectivity index (χ4v) is 1.85. The molecule has 0 aliphatic heterocycles. The van der Waals surface area contributed by atoms with Crippen molar-refractivity contribution in [1.82, 2.24) is 10.3 Å². The van der Waals surface area contributed by atoms with Crippen molar-refractivity contribution < 1.29 is 9.84 Å². The number of likely N-dealkylation sites (N-methyl/N-ethyl adjacent to an activating group) is 1. The van der Waals surface area contributed by atoms with E-state index in [9.17, 15) is 5.11 Å². The van der Waals surface area contributed by atoms with E-state index in [4.69, 9.17) is 4.74 Å². The van der Waals surface area contributed by atoms with Crippen LogP contribution in [0.15, 0.2) is 30.5 Å². The fraction of sp³-hybridized carbons (Fsp3) is 0.308. The number of nitrogens with zero attached hydrogens (tertiary/aromatic N) is 1. The van der Waals surface area contributed by atoms with Crippen molar-refractivity contribution in [2.24, 2.45) is 0 Å². The average Bonchev–Trinajstić information content (AvgIpc) is 2.37. The molecule has 1 unspecified atom stereocenters. The number of hydrogen-bond acceptors (Lipinski definition) is 4. The third kappa shape index (κ3) is 2.38. The molecule has 0 spiro atoms. The van der Waals surface area contributed by atoms with Crippen LogP contribution in [0.4, 0.5) is 0 Å². The van der Waals surface area contributed by atoms with Crippen LogP contribution in [0.3, 0.4) is 0 Å². The zero-order valence-electron chi connectivity index (χ0n) is 9.97. The number of ether oxygens (including phenoxy) is 1. The van der Waals surface area contributed by atoms with Crippen molar-refractivity contribution >= 4 is 10.8 Å². The van der Waals surface area contributed by atoms with Gasteiger partial charge in [-0.2, -0.15) is 0 Å². The van der Waals surface area contributed by atoms with Crippen LogP contribution in [0.25, 0.3) is 10.8 Å². The van der Waals surface area contributed by atoms with E-state index in [1.807, 2.05) is 31.3 Å². The molecule has 1 aromatic carbocycles. The van der Waals surface area contributed by atoms with E-state index < -0.39 is 6.10 Å². The summed E-state index contributed by atoms with van der Waals surface area (Å²) in [6.45, 7) is 0.535. The Morgan fingerprint density at radius 3 is 2.94 bits per heavy atom. The number of pyridine rings is 1. The van der Waals surface area contributed by atoms with Crippen LogP contribution in [0, 0.1) is 0 Å². The van der Waals surface area contributed by atoms with E-state index in [1.54, 1.807) is 13.3 Å². The molecule has 0 radical (unpaired) electrons. The van der Waals surface area contributed by atoms with Crippen molar-refractivity contribution in [3.05, 3.63) is 36.0 Å². The summed E-state index contributed by atoms with van der Waals surface area (Å²) in [5.41, 5.74) is 0.889. The zero-order chi connectivity index (χ0) is 12.3. The summed E-state index contributed by atoms with van der Waals surface area (Å²) in [6.07, 6.45) is 1.21. The molecule has 0 aliphatic rings. The van der Waals surface area contributed by atoms with E-state index in [1.165, 1.54) is 0 Å². The molecule has 1 heterocycles. The Morgan fingerprint density at radius 2 is 2.24 bits per heavy atom. The first-order valence-corrected chi connectivity index (χ1v) is 5.51. The topological polar surface area (TPSA) is 54.4 Å². The van der Waals surface area contributed by atoms with Gasteiger partial charge < -0.3 is 15.2 Å². The third-order valence-corrected chi connectivity index (χ3v) is 2.73. The van der Waals surface area contributed by atoms with Crippen LogP contribution in [-0.4, -0.2) is 30.8 Å². The SMILES string of the molecule is CNCC(O)c1ccc2c(OC)nccc2c1. The van der Waals surface area contributed by atoms with Crippen LogP contribution >= 0.6 is 0 Å². The number of rotatable bonds is 4. The molecule has 0 fully saturated rings. The van der Waals surface area contributed by atoms with Gasteiger partial charge in [-0.1, -0.05) is 6.07 Å². The molecule has 4 heteroatoms. The summed E-state index contributed by atoms with van der Waals surface area (Å²) < 4.78 is 5.19. The highest BCUT2D eigenvalue weighted by molar-refractivity contribution is 5.87. The van der Waals surface area contributed by atoms with Gasteiger partial charge in [0.15, 0.2) is 0 Å². The molecule has 4 nitrogen and oxygen atoms in total. The highest BCUT2D eigenvalue weighted by Gasteiger charge is 2.08. The van der Waals surface area contributed by atoms with Gasteiger partial charge in [0.25, 0.3) is 0 Å². The van der Waals surface area contributed by atoms with Gasteiger partial charge in [0, 0.05) is 18.1 Å². The number of aromatic nitrogens is 1. The lowest BCUT2D eigenvalue weighted by Crippen LogP contribution is -2.16. The summed E-state index contributed by atoms with van der Waals surface area (Å²) in [7, 11) is 3.42. The van der Waals surface area contributed by atoms with E-state index in [0.717, 1.165) is 16.3 Å². The molecule has 2 aromatic rings. The Balaban J connectivity index is 2.44. The predicted octanol–water partition coefficient (Wildman–Crippen LogP) is 1.50. The highest BCUT2D eigenvalue weighted by Crippen LogP contribution is 2.25. The van der Waals surface area contributed by atoms with E-state index in [0.29, 0.717) is 12.4 Å². The van der Waals surface area contributed by atoms with Crippen molar-refractivity contribution in [3.63, 3.8) is 0 Å². The second kappa shape index (κ2) is 5.12. The van der Waals surface area contributed by atoms with Crippen molar-refractivity contribution in [2.75, 3.05) is 20.7 Å². The largest absolute Gasteiger partial charge is 0.481 e. The van der Waals surface area contributed by atoms with Crippen LogP contribution in [0.5, 0.6) is 5.88 Å². The molecule has 1 atom stereocenters. The summed E-state index contributed by atoms with van der Waals surface area (Å²) in [5.74, 6) is 0.608. The van der Waals surface area contributed by atoms with Gasteiger partial charge in [-0.15, -0.1) is 0 Å². The second-order valence-corrected chi connectivity index (χ2v) is 3.87. The van der Waals surface area contributed by atoms with Gasteiger partial charge in [-0.05, 0) is 36.2 Å². The van der Waals surface area contributed by atoms with Crippen LogP contribution in [0.2, 0.25) is 0 Å². The Kier molecular flexibility index (Phi) is 3.56. The van der Waals surface area contributed by atoms with Crippen molar-refractivity contribution in [2.45, 2.75) is 6.10 Å². The molecule has 1 aromatic heterocycles. The monoisotopic (exact) mass is 232 g/mol. The van der Waals surface area contributed by atoms with Crippen molar-refractivity contribution in [3.8, 4) is 5.88 Å². The molecular weight excluding hydrogens is 216 g/mol. The van der Waals surface area contributed by atoms with Gasteiger partial charge in [0.2, 0.25) is 5.88 Å². The summed E-state index contributed by atoms with van der Waals surface area (Å²) in [6, 6.07) is 7.69. The van der Waals surface area contributed by atoms with Crippen LogP contribution < -0.4 is 10.1 Å². The molecule has 0 amide bonds. The molecule has 2 N–H and O–H groups in total. The molecular formula is C13H16N2O2. The second-order valence-electron chi connectivity index (χ2n) is 3.87. The molecule has 0 aliphatic carbocycles. The van der Waals surface area contributed by atoms with Gasteiger partial charge in [-0.25, -0.2) is 4.98 Å². The third-order valence-electron chi connectivity index (χ3n) is 2.73. The Bertz CT molecular complexity index is 514. The summed E-state index contributed by atoms with van der Waals surface area (Å²) in [5, 5.41) is 14.8. The standard InChI is InChI=1S/C13H16N2O2/c1-14-8-12(16)10-3-4-11-9(7-10)5-6-15-13(11)17-2/h3-7,12,14,16H,8H2,1-2H3. The first-order valence-electron chi connectivity index (χ1n) is 5.51. The molecule has 0 saturated heterocycles. The maximum Gasteiger partial charge on any atom is 0.221 e.